The van der Waals surface area contributed by atoms with Crippen molar-refractivity contribution in [2.45, 2.75) is 31.6 Å². The van der Waals surface area contributed by atoms with Crippen molar-refractivity contribution in [3.63, 3.8) is 0 Å². The number of rotatable bonds is 6. The molecule has 1 aliphatic heterocycles. The van der Waals surface area contributed by atoms with Gasteiger partial charge in [-0.2, -0.15) is 14.4 Å². The molecule has 1 amide bonds. The molecule has 0 bridgehead atoms. The summed E-state index contributed by atoms with van der Waals surface area (Å²) in [5.74, 6) is 0.922. The van der Waals surface area contributed by atoms with Gasteiger partial charge in [-0.15, -0.1) is 0 Å². The highest BCUT2D eigenvalue weighted by atomic mass is 32.2. The minimum Gasteiger partial charge on any atom is -0.340 e. The molecule has 1 saturated heterocycles. The third kappa shape index (κ3) is 4.49. The number of H-pyrrole nitrogens is 1. The summed E-state index contributed by atoms with van der Waals surface area (Å²) < 4.78 is 32.4. The number of piperazine rings is 1. The van der Waals surface area contributed by atoms with Crippen molar-refractivity contribution in [3.8, 4) is 11.6 Å². The number of hydrogen-bond acceptors (Lipinski definition) is 8. The van der Waals surface area contributed by atoms with Gasteiger partial charge in [-0.05, 0) is 37.1 Å². The Morgan fingerprint density at radius 2 is 1.94 bits per heavy atom. The Kier molecular flexibility index (Phi) is 5.83. The number of amides is 1. The Hall–Kier alpha value is -3.12. The molecule has 0 radical (unpaired) electrons. The number of aryl methyl sites for hydroxylation is 3. The van der Waals surface area contributed by atoms with Crippen LogP contribution in [-0.2, 0) is 21.2 Å². The Morgan fingerprint density at radius 3 is 2.61 bits per heavy atom. The molecule has 4 rings (SSSR count). The number of aromatic amines is 1. The molecule has 1 N–H and O–H groups in total. The first-order valence-electron chi connectivity index (χ1n) is 9.88. The van der Waals surface area contributed by atoms with Crippen molar-refractivity contribution >= 4 is 15.9 Å². The molecule has 1 aromatic carbocycles. The topological polar surface area (TPSA) is 138 Å². The van der Waals surface area contributed by atoms with Gasteiger partial charge >= 0.3 is 0 Å². The van der Waals surface area contributed by atoms with Gasteiger partial charge in [-0.1, -0.05) is 11.2 Å². The average molecular weight is 446 g/mol. The number of hydrogen-bond donors (Lipinski definition) is 1. The van der Waals surface area contributed by atoms with Crippen LogP contribution in [0.1, 0.15) is 23.4 Å². The van der Waals surface area contributed by atoms with E-state index in [1.165, 1.54) is 10.6 Å². The summed E-state index contributed by atoms with van der Waals surface area (Å²) in [6, 6.07) is 5.14. The summed E-state index contributed by atoms with van der Waals surface area (Å²) in [5.41, 5.74) is 1.98. The third-order valence-electron chi connectivity index (χ3n) is 5.36. The summed E-state index contributed by atoms with van der Waals surface area (Å²) in [5, 5.41) is 10.2. The molecular weight excluding hydrogens is 422 g/mol. The van der Waals surface area contributed by atoms with Gasteiger partial charge in [-0.25, -0.2) is 13.4 Å². The van der Waals surface area contributed by atoms with E-state index in [-0.39, 0.29) is 36.1 Å². The Labute approximate surface area is 179 Å². The molecule has 3 aromatic rings. The molecule has 0 spiro atoms. The van der Waals surface area contributed by atoms with E-state index in [1.54, 1.807) is 17.0 Å². The molecule has 164 valence electrons. The molecule has 31 heavy (non-hydrogen) atoms. The zero-order chi connectivity index (χ0) is 22.0. The maximum atomic E-state index is 12.9. The van der Waals surface area contributed by atoms with Gasteiger partial charge in [-0.3, -0.25) is 9.89 Å². The number of nitrogens with one attached hydrogen (secondary N) is 1. The van der Waals surface area contributed by atoms with Crippen molar-refractivity contribution in [1.29, 1.82) is 0 Å². The van der Waals surface area contributed by atoms with Crippen molar-refractivity contribution in [3.05, 3.63) is 41.5 Å². The van der Waals surface area contributed by atoms with E-state index in [1.807, 2.05) is 19.9 Å². The highest BCUT2D eigenvalue weighted by Gasteiger charge is 2.30. The van der Waals surface area contributed by atoms with Gasteiger partial charge in [0, 0.05) is 39.0 Å². The molecule has 1 fully saturated rings. The van der Waals surface area contributed by atoms with E-state index < -0.39 is 10.0 Å². The van der Waals surface area contributed by atoms with Crippen LogP contribution >= 0.6 is 0 Å². The maximum Gasteiger partial charge on any atom is 0.243 e. The number of sulfonamides is 1. The van der Waals surface area contributed by atoms with Gasteiger partial charge in [0.05, 0.1) is 4.90 Å². The minimum absolute atomic E-state index is 0.0809. The lowest BCUT2D eigenvalue weighted by Gasteiger charge is -2.34. The molecule has 1 aliphatic rings. The van der Waals surface area contributed by atoms with Crippen molar-refractivity contribution in [2.24, 2.45) is 0 Å². The van der Waals surface area contributed by atoms with Gasteiger partial charge in [0.25, 0.3) is 0 Å². The van der Waals surface area contributed by atoms with E-state index in [2.05, 4.69) is 25.3 Å². The SMILES string of the molecule is Cc1ccc(S(=O)(=O)N2CCN(C(=O)CCc3nc(-c4ncn[nH]4)no3)CC2)cc1C. The second-order valence-corrected chi connectivity index (χ2v) is 9.31. The molecule has 0 saturated carbocycles. The Bertz CT molecular complexity index is 1170. The normalized spacial score (nSPS) is 15.4. The molecule has 11 nitrogen and oxygen atoms in total. The number of benzene rings is 1. The number of aromatic nitrogens is 5. The zero-order valence-corrected chi connectivity index (χ0v) is 18.1. The van der Waals surface area contributed by atoms with Crippen LogP contribution in [0.3, 0.4) is 0 Å². The van der Waals surface area contributed by atoms with Crippen LogP contribution in [0.5, 0.6) is 0 Å². The Balaban J connectivity index is 1.31. The van der Waals surface area contributed by atoms with Crippen molar-refractivity contribution < 1.29 is 17.7 Å². The van der Waals surface area contributed by atoms with Crippen LogP contribution in [0.15, 0.2) is 33.9 Å². The van der Waals surface area contributed by atoms with E-state index in [4.69, 9.17) is 4.52 Å². The van der Waals surface area contributed by atoms with E-state index >= 15 is 0 Å². The van der Waals surface area contributed by atoms with Crippen molar-refractivity contribution in [1.82, 2.24) is 34.5 Å². The van der Waals surface area contributed by atoms with Crippen molar-refractivity contribution in [2.75, 3.05) is 26.2 Å². The average Bonchev–Trinajstić information content (AvgIpc) is 3.46. The quantitative estimate of drug-likeness (QED) is 0.591. The molecular formula is C19H23N7O4S. The lowest BCUT2D eigenvalue weighted by molar-refractivity contribution is -0.132. The lowest BCUT2D eigenvalue weighted by atomic mass is 10.1. The van der Waals surface area contributed by atoms with E-state index in [0.717, 1.165) is 11.1 Å². The zero-order valence-electron chi connectivity index (χ0n) is 17.3. The smallest absolute Gasteiger partial charge is 0.243 e. The Morgan fingerprint density at radius 1 is 1.16 bits per heavy atom. The predicted molar refractivity (Wildman–Crippen MR) is 109 cm³/mol. The number of carbonyl (C=O) groups excluding carboxylic acids is 1. The largest absolute Gasteiger partial charge is 0.340 e. The third-order valence-corrected chi connectivity index (χ3v) is 7.25. The second kappa shape index (κ2) is 8.55. The molecule has 12 heteroatoms. The highest BCUT2D eigenvalue weighted by molar-refractivity contribution is 7.89. The number of nitrogens with zero attached hydrogens (tertiary/aromatic N) is 6. The van der Waals surface area contributed by atoms with Gasteiger partial charge < -0.3 is 9.42 Å². The fourth-order valence-corrected chi connectivity index (χ4v) is 4.85. The standard InChI is InChI=1S/C19H23N7O4S/c1-13-3-4-15(11-14(13)2)31(28,29)26-9-7-25(8-10-26)17(27)6-5-16-22-19(24-30-16)18-20-12-21-23-18/h3-4,11-12H,5-10H2,1-2H3,(H,20,21,23). The first-order valence-corrected chi connectivity index (χ1v) is 11.3. The number of carbonyl (C=O) groups is 1. The molecule has 0 aliphatic carbocycles. The second-order valence-electron chi connectivity index (χ2n) is 7.38. The first kappa shape index (κ1) is 21.1. The monoisotopic (exact) mass is 445 g/mol. The summed E-state index contributed by atoms with van der Waals surface area (Å²) in [7, 11) is -3.58. The summed E-state index contributed by atoms with van der Waals surface area (Å²) >= 11 is 0. The molecule has 0 unspecified atom stereocenters. The van der Waals surface area contributed by atoms with E-state index in [0.29, 0.717) is 31.2 Å². The van der Waals surface area contributed by atoms with Gasteiger partial charge in [0.1, 0.15) is 6.33 Å². The van der Waals surface area contributed by atoms with Crippen LogP contribution in [0.2, 0.25) is 0 Å². The molecule has 2 aromatic heterocycles. The predicted octanol–water partition coefficient (Wildman–Crippen LogP) is 0.937. The lowest BCUT2D eigenvalue weighted by Crippen LogP contribution is -2.50. The summed E-state index contributed by atoms with van der Waals surface area (Å²) in [6.07, 6.45) is 1.83. The molecule has 3 heterocycles. The minimum atomic E-state index is -3.58. The maximum absolute atomic E-state index is 12.9. The van der Waals surface area contributed by atoms with Gasteiger partial charge in [0.15, 0.2) is 5.82 Å². The van der Waals surface area contributed by atoms with Crippen LogP contribution in [-0.4, -0.2) is 75.0 Å². The summed E-state index contributed by atoms with van der Waals surface area (Å²) in [6.45, 7) is 5.04. The van der Waals surface area contributed by atoms with Crippen LogP contribution < -0.4 is 0 Å². The molecule has 0 atom stereocenters. The first-order chi connectivity index (χ1) is 14.8. The van der Waals surface area contributed by atoms with E-state index in [9.17, 15) is 13.2 Å². The van der Waals surface area contributed by atoms with Crippen LogP contribution in [0, 0.1) is 13.8 Å². The van der Waals surface area contributed by atoms with Crippen LogP contribution in [0.25, 0.3) is 11.6 Å². The highest BCUT2D eigenvalue weighted by Crippen LogP contribution is 2.21. The van der Waals surface area contributed by atoms with Crippen LogP contribution in [0.4, 0.5) is 0 Å². The summed E-state index contributed by atoms with van der Waals surface area (Å²) in [4.78, 5) is 22.6. The fraction of sp³-hybridized carbons (Fsp3) is 0.421. The van der Waals surface area contributed by atoms with Gasteiger partial charge in [0.2, 0.25) is 27.6 Å². The fourth-order valence-electron chi connectivity index (χ4n) is 3.34.